The molecule has 0 radical (unpaired) electrons. The normalized spacial score (nSPS) is 13.7. The minimum absolute atomic E-state index is 0.723. The van der Waals surface area contributed by atoms with Crippen LogP contribution in [0.25, 0.3) is 10.7 Å². The van der Waals surface area contributed by atoms with E-state index in [1.807, 2.05) is 17.8 Å². The van der Waals surface area contributed by atoms with Crippen LogP contribution in [0.1, 0.15) is 11.3 Å². The van der Waals surface area contributed by atoms with Crippen LogP contribution >= 0.6 is 55.0 Å². The quantitative estimate of drug-likeness (QED) is 0.586. The lowest BCUT2D eigenvalue weighted by Crippen LogP contribution is -2.12. The number of fused-ring (bicyclic) bond motifs is 1. The number of halogens is 2. The molecule has 0 amide bonds. The first-order valence-electron chi connectivity index (χ1n) is 5.08. The van der Waals surface area contributed by atoms with Crippen molar-refractivity contribution in [2.45, 2.75) is 11.5 Å². The maximum atomic E-state index is 5.54. The average molecular weight is 408 g/mol. The van der Waals surface area contributed by atoms with E-state index in [0.29, 0.717) is 0 Å². The molecule has 0 unspecified atom stereocenters. The number of nitrogens with zero attached hydrogens (tertiary/aromatic N) is 2. The van der Waals surface area contributed by atoms with Gasteiger partial charge in [0.2, 0.25) is 0 Å². The fourth-order valence-electron chi connectivity index (χ4n) is 1.74. The van der Waals surface area contributed by atoms with E-state index in [2.05, 4.69) is 47.3 Å². The predicted octanol–water partition coefficient (Wildman–Crippen LogP) is 3.76. The summed E-state index contributed by atoms with van der Waals surface area (Å²) in [5.41, 5.74) is 4.88. The Morgan fingerprint density at radius 2 is 2.11 bits per heavy atom. The fraction of sp³-hybridized carbons (Fsp3) is 0.200. The number of nitrogens with one attached hydrogen (secondary N) is 1. The zero-order valence-electron chi connectivity index (χ0n) is 9.04. The molecule has 8 heteroatoms. The molecule has 18 heavy (non-hydrogen) atoms. The maximum Gasteiger partial charge on any atom is 0.172 e. The van der Waals surface area contributed by atoms with Crippen LogP contribution in [0.4, 0.5) is 5.82 Å². The molecule has 0 aliphatic carbocycles. The molecule has 0 atom stereocenters. The van der Waals surface area contributed by atoms with Crippen LogP contribution in [-0.4, -0.2) is 9.97 Å². The topological polar surface area (TPSA) is 63.8 Å². The van der Waals surface area contributed by atoms with E-state index in [-0.39, 0.29) is 0 Å². The number of nitrogens with two attached hydrogens (primary N) is 1. The van der Waals surface area contributed by atoms with Gasteiger partial charge in [-0.25, -0.2) is 15.8 Å². The molecule has 1 aliphatic rings. The summed E-state index contributed by atoms with van der Waals surface area (Å²) in [6.07, 6.45) is 0. The van der Waals surface area contributed by atoms with Gasteiger partial charge in [-0.3, -0.25) is 0 Å². The van der Waals surface area contributed by atoms with E-state index < -0.39 is 0 Å². The largest absolute Gasteiger partial charge is 0.308 e. The fourth-order valence-corrected chi connectivity index (χ4v) is 4.75. The smallest absolute Gasteiger partial charge is 0.172 e. The van der Waals surface area contributed by atoms with Gasteiger partial charge in [0.25, 0.3) is 0 Å². The molecule has 1 aliphatic heterocycles. The van der Waals surface area contributed by atoms with Gasteiger partial charge in [-0.15, -0.1) is 11.3 Å². The van der Waals surface area contributed by atoms with Gasteiger partial charge in [-0.05, 0) is 37.9 Å². The molecule has 0 aromatic carbocycles. The number of aromatic nitrogens is 2. The number of rotatable bonds is 2. The molecule has 2 aromatic heterocycles. The van der Waals surface area contributed by atoms with Gasteiger partial charge in [-0.2, -0.15) is 11.8 Å². The van der Waals surface area contributed by atoms with Crippen molar-refractivity contribution in [1.82, 2.24) is 9.97 Å². The Kier molecular flexibility index (Phi) is 3.63. The van der Waals surface area contributed by atoms with E-state index >= 15 is 0 Å². The summed E-state index contributed by atoms with van der Waals surface area (Å²) in [7, 11) is 0. The SMILES string of the molecule is NNc1nc(-c2cc(Br)c(Br)s2)nc2c1CSC2. The van der Waals surface area contributed by atoms with Gasteiger partial charge in [0, 0.05) is 21.5 Å². The minimum Gasteiger partial charge on any atom is -0.308 e. The second-order valence-corrected chi connectivity index (χ2v) is 7.90. The number of nitrogen functional groups attached to an aromatic ring is 1. The Hall–Kier alpha value is -0.150. The Morgan fingerprint density at radius 1 is 1.28 bits per heavy atom. The molecule has 3 rings (SSSR count). The lowest BCUT2D eigenvalue weighted by atomic mass is 10.2. The van der Waals surface area contributed by atoms with Crippen LogP contribution in [0.5, 0.6) is 0 Å². The van der Waals surface area contributed by atoms with Crippen molar-refractivity contribution >= 4 is 60.8 Å². The van der Waals surface area contributed by atoms with Crippen molar-refractivity contribution in [1.29, 1.82) is 0 Å². The number of hydrogen-bond donors (Lipinski definition) is 2. The van der Waals surface area contributed by atoms with Crippen molar-refractivity contribution < 1.29 is 0 Å². The third-order valence-corrected chi connectivity index (χ3v) is 6.80. The zero-order chi connectivity index (χ0) is 12.7. The highest BCUT2D eigenvalue weighted by molar-refractivity contribution is 9.13. The Balaban J connectivity index is 2.13. The summed E-state index contributed by atoms with van der Waals surface area (Å²) in [5.74, 6) is 8.85. The number of thioether (sulfide) groups is 1. The third-order valence-electron chi connectivity index (χ3n) is 2.58. The van der Waals surface area contributed by atoms with Gasteiger partial charge >= 0.3 is 0 Å². The first-order valence-corrected chi connectivity index (χ1v) is 8.64. The van der Waals surface area contributed by atoms with Gasteiger partial charge in [0.1, 0.15) is 5.82 Å². The standard InChI is InChI=1S/C10H8Br2N4S2/c11-5-1-7(18-8(5)12)10-14-6-3-17-2-4(6)9(15-10)16-13/h1H,2-3,13H2,(H,14,15,16). The van der Waals surface area contributed by atoms with Crippen LogP contribution in [0.3, 0.4) is 0 Å². The summed E-state index contributed by atoms with van der Waals surface area (Å²) in [4.78, 5) is 10.1. The first-order chi connectivity index (χ1) is 8.69. The van der Waals surface area contributed by atoms with Gasteiger partial charge in [0.05, 0.1) is 14.4 Å². The van der Waals surface area contributed by atoms with Crippen LogP contribution in [0.15, 0.2) is 14.3 Å². The maximum absolute atomic E-state index is 5.54. The van der Waals surface area contributed by atoms with Crippen LogP contribution < -0.4 is 11.3 Å². The van der Waals surface area contributed by atoms with E-state index in [9.17, 15) is 0 Å². The van der Waals surface area contributed by atoms with Crippen molar-refractivity contribution in [3.05, 3.63) is 25.6 Å². The van der Waals surface area contributed by atoms with E-state index in [1.165, 1.54) is 0 Å². The van der Waals surface area contributed by atoms with E-state index in [1.54, 1.807) is 11.3 Å². The lowest BCUT2D eigenvalue weighted by molar-refractivity contribution is 1.06. The average Bonchev–Trinajstić information content (AvgIpc) is 2.95. The number of anilines is 1. The first kappa shape index (κ1) is 12.9. The van der Waals surface area contributed by atoms with Gasteiger partial charge in [0.15, 0.2) is 5.82 Å². The van der Waals surface area contributed by atoms with Crippen LogP contribution in [0.2, 0.25) is 0 Å². The highest BCUT2D eigenvalue weighted by Gasteiger charge is 2.20. The Labute approximate surface area is 129 Å². The molecule has 0 spiro atoms. The molecule has 0 saturated carbocycles. The number of hydrazine groups is 1. The summed E-state index contributed by atoms with van der Waals surface area (Å²) < 4.78 is 2.06. The molecule has 0 saturated heterocycles. The van der Waals surface area contributed by atoms with Gasteiger partial charge in [-0.1, -0.05) is 0 Å². The van der Waals surface area contributed by atoms with Crippen molar-refractivity contribution in [3.63, 3.8) is 0 Å². The Bertz CT molecular complexity index is 595. The van der Waals surface area contributed by atoms with E-state index in [0.717, 1.165) is 47.5 Å². The van der Waals surface area contributed by atoms with Crippen molar-refractivity contribution in [2.75, 3.05) is 5.43 Å². The van der Waals surface area contributed by atoms with E-state index in [4.69, 9.17) is 5.84 Å². The molecule has 94 valence electrons. The third kappa shape index (κ3) is 2.20. The molecule has 3 N–H and O–H groups in total. The minimum atomic E-state index is 0.723. The molecule has 0 fully saturated rings. The van der Waals surface area contributed by atoms with Crippen molar-refractivity contribution in [3.8, 4) is 10.7 Å². The Morgan fingerprint density at radius 3 is 2.78 bits per heavy atom. The van der Waals surface area contributed by atoms with Gasteiger partial charge < -0.3 is 5.43 Å². The second-order valence-electron chi connectivity index (χ2n) is 3.69. The van der Waals surface area contributed by atoms with Crippen LogP contribution in [-0.2, 0) is 11.5 Å². The summed E-state index contributed by atoms with van der Waals surface area (Å²) in [6.45, 7) is 0. The molecule has 2 aromatic rings. The molecule has 4 nitrogen and oxygen atoms in total. The van der Waals surface area contributed by atoms with Crippen molar-refractivity contribution in [2.24, 2.45) is 5.84 Å². The lowest BCUT2D eigenvalue weighted by Gasteiger charge is -2.07. The summed E-state index contributed by atoms with van der Waals surface area (Å²) in [5, 5.41) is 0. The monoisotopic (exact) mass is 406 g/mol. The molecule has 0 bridgehead atoms. The molecular weight excluding hydrogens is 400 g/mol. The highest BCUT2D eigenvalue weighted by atomic mass is 79.9. The molecular formula is C10H8Br2N4S2. The number of thiophene rings is 1. The van der Waals surface area contributed by atoms with Crippen LogP contribution in [0, 0.1) is 0 Å². The number of hydrogen-bond acceptors (Lipinski definition) is 6. The second kappa shape index (κ2) is 5.09. The highest BCUT2D eigenvalue weighted by Crippen LogP contribution is 2.39. The zero-order valence-corrected chi connectivity index (χ0v) is 13.8. The summed E-state index contributed by atoms with van der Waals surface area (Å²) >= 11 is 10.4. The summed E-state index contributed by atoms with van der Waals surface area (Å²) in [6, 6.07) is 2.01. The molecule has 3 heterocycles. The predicted molar refractivity (Wildman–Crippen MR) is 83.6 cm³/mol.